The van der Waals surface area contributed by atoms with E-state index in [1.807, 2.05) is 0 Å². The van der Waals surface area contributed by atoms with E-state index in [1.54, 1.807) is 0 Å². The Kier molecular flexibility index (Phi) is 4.77. The van der Waals surface area contributed by atoms with Crippen LogP contribution in [0.4, 0.5) is 18.0 Å². The molecule has 26 heavy (non-hydrogen) atoms. The number of cyclic esters (lactones) is 1. The van der Waals surface area contributed by atoms with Crippen LogP contribution in [0.15, 0.2) is 34.9 Å². The predicted octanol–water partition coefficient (Wildman–Crippen LogP) is 2.66. The molecule has 1 saturated heterocycles. The minimum Gasteiger partial charge on any atom is -0.441 e. The number of benzene rings is 1. The van der Waals surface area contributed by atoms with Gasteiger partial charge in [-0.3, -0.25) is 4.79 Å². The molecule has 2 atom stereocenters. The molecule has 0 spiro atoms. The number of carbonyl (C=O) groups is 2. The summed E-state index contributed by atoms with van der Waals surface area (Å²) >= 11 is 5.82. The summed E-state index contributed by atoms with van der Waals surface area (Å²) in [5, 5.41) is 5.23. The van der Waals surface area contributed by atoms with Gasteiger partial charge < -0.3 is 19.8 Å². The van der Waals surface area contributed by atoms with Gasteiger partial charge in [-0.15, -0.1) is 0 Å². The number of nitrogens with zero attached hydrogens (tertiary/aromatic N) is 1. The van der Waals surface area contributed by atoms with E-state index < -0.39 is 36.2 Å². The zero-order chi connectivity index (χ0) is 18.9. The molecule has 1 aliphatic heterocycles. The summed E-state index contributed by atoms with van der Waals surface area (Å²) in [5.74, 6) is -2.13. The molecule has 3 rings (SSSR count). The third-order valence-corrected chi connectivity index (χ3v) is 3.78. The maximum Gasteiger partial charge on any atom is 0.468 e. The third kappa shape index (κ3) is 3.90. The minimum absolute atomic E-state index is 0.0510. The van der Waals surface area contributed by atoms with Gasteiger partial charge in [0.1, 0.15) is 12.0 Å². The Hall–Kier alpha value is -2.75. The molecule has 2 N–H and O–H groups in total. The lowest BCUT2D eigenvalue weighted by molar-refractivity contribution is -0.157. The molecular formula is C15H11ClF3N3O4. The molecule has 1 fully saturated rings. The lowest BCUT2D eigenvalue weighted by Gasteiger charge is -2.18. The first-order valence-corrected chi connectivity index (χ1v) is 7.65. The predicted molar refractivity (Wildman–Crippen MR) is 81.2 cm³/mol. The van der Waals surface area contributed by atoms with Gasteiger partial charge in [0.15, 0.2) is 6.10 Å². The van der Waals surface area contributed by atoms with Crippen molar-refractivity contribution in [1.29, 1.82) is 0 Å². The Morgan fingerprint density at radius 3 is 2.58 bits per heavy atom. The van der Waals surface area contributed by atoms with Crippen LogP contribution in [0.1, 0.15) is 23.2 Å². The summed E-state index contributed by atoms with van der Waals surface area (Å²) in [5.41, 5.74) is 0.257. The van der Waals surface area contributed by atoms with Gasteiger partial charge in [0.2, 0.25) is 0 Å². The normalized spacial score (nSPS) is 18.2. The Balaban J connectivity index is 1.89. The second-order valence-electron chi connectivity index (χ2n) is 5.34. The Morgan fingerprint density at radius 1 is 1.35 bits per heavy atom. The summed E-state index contributed by atoms with van der Waals surface area (Å²) in [6, 6.07) is 5.01. The summed E-state index contributed by atoms with van der Waals surface area (Å²) in [6.45, 7) is -0.0510. The van der Waals surface area contributed by atoms with Gasteiger partial charge in [0.25, 0.3) is 5.91 Å². The lowest BCUT2D eigenvalue weighted by atomic mass is 10.0. The molecule has 0 bridgehead atoms. The number of halogens is 4. The number of ether oxygens (including phenoxy) is 1. The van der Waals surface area contributed by atoms with Crippen molar-refractivity contribution in [2.45, 2.75) is 18.3 Å². The van der Waals surface area contributed by atoms with E-state index in [-0.39, 0.29) is 12.2 Å². The average Bonchev–Trinajstić information content (AvgIpc) is 3.22. The number of alkyl carbamates (subject to hydrolysis) is 1. The van der Waals surface area contributed by atoms with Crippen molar-refractivity contribution in [3.63, 3.8) is 0 Å². The first kappa shape index (κ1) is 18.1. The number of hydrogen-bond donors (Lipinski definition) is 2. The molecule has 0 unspecified atom stereocenters. The van der Waals surface area contributed by atoms with E-state index in [1.165, 1.54) is 24.3 Å². The summed E-state index contributed by atoms with van der Waals surface area (Å²) in [7, 11) is 0. The van der Waals surface area contributed by atoms with E-state index in [0.29, 0.717) is 10.6 Å². The number of rotatable bonds is 4. The monoisotopic (exact) mass is 389 g/mol. The molecule has 1 aromatic heterocycles. The first-order valence-electron chi connectivity index (χ1n) is 7.27. The van der Waals surface area contributed by atoms with Crippen molar-refractivity contribution in [3.8, 4) is 0 Å². The lowest BCUT2D eigenvalue weighted by Crippen LogP contribution is -2.39. The molecular weight excluding hydrogens is 379 g/mol. The maximum atomic E-state index is 12.7. The van der Waals surface area contributed by atoms with Crippen molar-refractivity contribution in [2.24, 2.45) is 0 Å². The summed E-state index contributed by atoms with van der Waals surface area (Å²) in [4.78, 5) is 26.8. The van der Waals surface area contributed by atoms with Crippen LogP contribution in [0.3, 0.4) is 0 Å². The van der Waals surface area contributed by atoms with Crippen LogP contribution in [0.5, 0.6) is 0 Å². The second kappa shape index (κ2) is 6.87. The summed E-state index contributed by atoms with van der Waals surface area (Å²) in [6.07, 6.45) is -5.82. The Morgan fingerprint density at radius 2 is 2.04 bits per heavy atom. The molecule has 0 saturated carbocycles. The van der Waals surface area contributed by atoms with Crippen molar-refractivity contribution < 1.29 is 31.9 Å². The standard InChI is InChI=1S/C15H11ClF3N3O4/c16-8-3-1-7(2-4-8)11(9-6-25-13(21-9)15(17,18)19)22-12(23)10-5-20-14(24)26-10/h1-4,6,10-11H,5H2,(H,20,24)(H,22,23)/t10-,11+/m0/s1. The molecule has 1 aliphatic rings. The Labute approximate surface area is 149 Å². The molecule has 0 radical (unpaired) electrons. The highest BCUT2D eigenvalue weighted by atomic mass is 35.5. The smallest absolute Gasteiger partial charge is 0.441 e. The third-order valence-electron chi connectivity index (χ3n) is 3.52. The SMILES string of the molecule is O=C1NC[C@@H](C(=O)N[C@H](c2ccc(Cl)cc2)c2coc(C(F)(F)F)n2)O1. The molecule has 138 valence electrons. The largest absolute Gasteiger partial charge is 0.468 e. The number of nitrogens with one attached hydrogen (secondary N) is 2. The van der Waals surface area contributed by atoms with Crippen LogP contribution in [0.25, 0.3) is 0 Å². The average molecular weight is 390 g/mol. The highest BCUT2D eigenvalue weighted by Gasteiger charge is 2.39. The van der Waals surface area contributed by atoms with Gasteiger partial charge >= 0.3 is 18.2 Å². The maximum absolute atomic E-state index is 12.7. The molecule has 2 aromatic rings. The fourth-order valence-corrected chi connectivity index (χ4v) is 2.43. The van der Waals surface area contributed by atoms with Crippen molar-refractivity contribution >= 4 is 23.6 Å². The van der Waals surface area contributed by atoms with Gasteiger partial charge in [-0.2, -0.15) is 13.2 Å². The Bertz CT molecular complexity index is 822. The fourth-order valence-electron chi connectivity index (χ4n) is 2.30. The molecule has 7 nitrogen and oxygen atoms in total. The van der Waals surface area contributed by atoms with Gasteiger partial charge in [-0.1, -0.05) is 23.7 Å². The van der Waals surface area contributed by atoms with Crippen LogP contribution in [-0.4, -0.2) is 29.6 Å². The quantitative estimate of drug-likeness (QED) is 0.838. The highest BCUT2D eigenvalue weighted by molar-refractivity contribution is 6.30. The van der Waals surface area contributed by atoms with Crippen molar-refractivity contribution in [1.82, 2.24) is 15.6 Å². The zero-order valence-corrected chi connectivity index (χ0v) is 13.6. The second-order valence-corrected chi connectivity index (χ2v) is 5.78. The van der Waals surface area contributed by atoms with E-state index in [2.05, 4.69) is 20.0 Å². The van der Waals surface area contributed by atoms with Crippen LogP contribution in [0.2, 0.25) is 5.02 Å². The minimum atomic E-state index is -4.77. The van der Waals surface area contributed by atoms with E-state index >= 15 is 0 Å². The number of oxazole rings is 1. The topological polar surface area (TPSA) is 93.5 Å². The zero-order valence-electron chi connectivity index (χ0n) is 12.8. The summed E-state index contributed by atoms with van der Waals surface area (Å²) < 4.78 is 47.5. The van der Waals surface area contributed by atoms with Gasteiger partial charge in [0, 0.05) is 5.02 Å². The molecule has 1 aromatic carbocycles. The van der Waals surface area contributed by atoms with Crippen molar-refractivity contribution in [3.05, 3.63) is 52.7 Å². The molecule has 11 heteroatoms. The number of hydrogen-bond acceptors (Lipinski definition) is 5. The fraction of sp³-hybridized carbons (Fsp3) is 0.267. The van der Waals surface area contributed by atoms with Crippen LogP contribution in [0, 0.1) is 0 Å². The molecule has 2 heterocycles. The number of carbonyl (C=O) groups excluding carboxylic acids is 2. The van der Waals surface area contributed by atoms with E-state index in [0.717, 1.165) is 6.26 Å². The van der Waals surface area contributed by atoms with Gasteiger partial charge in [-0.25, -0.2) is 9.78 Å². The van der Waals surface area contributed by atoms with E-state index in [4.69, 9.17) is 16.3 Å². The van der Waals surface area contributed by atoms with Crippen molar-refractivity contribution in [2.75, 3.05) is 6.54 Å². The number of alkyl halides is 3. The number of aromatic nitrogens is 1. The molecule has 0 aliphatic carbocycles. The van der Waals surface area contributed by atoms with Crippen LogP contribution >= 0.6 is 11.6 Å². The van der Waals surface area contributed by atoms with Gasteiger partial charge in [-0.05, 0) is 17.7 Å². The van der Waals surface area contributed by atoms with Crippen LogP contribution < -0.4 is 10.6 Å². The van der Waals surface area contributed by atoms with Crippen LogP contribution in [-0.2, 0) is 15.7 Å². The van der Waals surface area contributed by atoms with Gasteiger partial charge in [0.05, 0.1) is 12.6 Å². The highest BCUT2D eigenvalue weighted by Crippen LogP contribution is 2.31. The first-order chi connectivity index (χ1) is 12.2. The van der Waals surface area contributed by atoms with E-state index in [9.17, 15) is 22.8 Å². The molecule has 2 amide bonds. The number of amides is 2.